The molecular formula is C25H33FN4O6. The first kappa shape index (κ1) is 28.6. The lowest BCUT2D eigenvalue weighted by molar-refractivity contribution is -0.137. The fourth-order valence-corrected chi connectivity index (χ4v) is 3.54. The average Bonchev–Trinajstić information content (AvgIpc) is 3.14. The second-order valence-corrected chi connectivity index (χ2v) is 8.95. The maximum atomic E-state index is 13.8. The van der Waals surface area contributed by atoms with Crippen molar-refractivity contribution < 1.29 is 33.5 Å². The van der Waals surface area contributed by atoms with E-state index in [4.69, 9.17) is 5.11 Å². The lowest BCUT2D eigenvalue weighted by Crippen LogP contribution is -2.53. The summed E-state index contributed by atoms with van der Waals surface area (Å²) in [6.07, 6.45) is 4.34. The summed E-state index contributed by atoms with van der Waals surface area (Å²) in [7, 11) is 0. The van der Waals surface area contributed by atoms with Crippen molar-refractivity contribution in [3.05, 3.63) is 41.7 Å². The Morgan fingerprint density at radius 2 is 1.64 bits per heavy atom. The zero-order valence-electron chi connectivity index (χ0n) is 20.7. The highest BCUT2D eigenvalue weighted by Crippen LogP contribution is 2.15. The quantitative estimate of drug-likeness (QED) is 0.236. The lowest BCUT2D eigenvalue weighted by atomic mass is 10.0. The van der Waals surface area contributed by atoms with Crippen LogP contribution in [0, 0.1) is 11.7 Å². The Morgan fingerprint density at radius 3 is 2.22 bits per heavy atom. The first-order valence-electron chi connectivity index (χ1n) is 11.9. The second-order valence-electron chi connectivity index (χ2n) is 8.95. The van der Waals surface area contributed by atoms with Crippen molar-refractivity contribution in [1.29, 1.82) is 0 Å². The number of amides is 5. The molecule has 0 spiro atoms. The molecule has 0 unspecified atom stereocenters. The molecular weight excluding hydrogens is 471 g/mol. The topological polar surface area (TPSA) is 145 Å². The number of nitrogens with zero attached hydrogens (tertiary/aromatic N) is 1. The molecule has 0 saturated carbocycles. The Morgan fingerprint density at radius 1 is 0.972 bits per heavy atom. The number of aliphatic hydroxyl groups is 1. The minimum Gasteiger partial charge on any atom is -0.392 e. The predicted octanol–water partition coefficient (Wildman–Crippen LogP) is 1.39. The molecule has 10 nitrogen and oxygen atoms in total. The molecule has 11 heteroatoms. The normalized spacial score (nSPS) is 14.7. The molecule has 0 bridgehead atoms. The molecule has 1 aliphatic rings. The molecule has 1 aromatic carbocycles. The van der Waals surface area contributed by atoms with E-state index in [9.17, 15) is 28.4 Å². The number of hydrogen-bond donors (Lipinski definition) is 4. The fraction of sp³-hybridized carbons (Fsp3) is 0.480. The van der Waals surface area contributed by atoms with E-state index in [1.54, 1.807) is 13.8 Å². The van der Waals surface area contributed by atoms with E-state index in [1.165, 1.54) is 31.2 Å². The maximum absolute atomic E-state index is 13.8. The van der Waals surface area contributed by atoms with Crippen LogP contribution in [0.1, 0.15) is 52.0 Å². The first-order chi connectivity index (χ1) is 17.0. The van der Waals surface area contributed by atoms with Gasteiger partial charge in [-0.3, -0.25) is 28.9 Å². The van der Waals surface area contributed by atoms with E-state index < -0.39 is 36.3 Å². The summed E-state index contributed by atoms with van der Waals surface area (Å²) >= 11 is 0. The van der Waals surface area contributed by atoms with Crippen LogP contribution in [0.2, 0.25) is 0 Å². The molecule has 196 valence electrons. The maximum Gasteiger partial charge on any atom is 0.253 e. The van der Waals surface area contributed by atoms with Gasteiger partial charge in [0.25, 0.3) is 11.8 Å². The van der Waals surface area contributed by atoms with Crippen LogP contribution in [0.15, 0.2) is 30.4 Å². The monoisotopic (exact) mass is 504 g/mol. The van der Waals surface area contributed by atoms with E-state index >= 15 is 0 Å². The number of benzene rings is 1. The molecule has 2 atom stereocenters. The highest BCUT2D eigenvalue weighted by atomic mass is 19.1. The van der Waals surface area contributed by atoms with Crippen LogP contribution in [0.25, 0.3) is 0 Å². The van der Waals surface area contributed by atoms with Gasteiger partial charge in [-0.2, -0.15) is 0 Å². The van der Waals surface area contributed by atoms with Gasteiger partial charge in [-0.05, 0) is 37.8 Å². The molecule has 4 N–H and O–H groups in total. The molecule has 0 radical (unpaired) electrons. The van der Waals surface area contributed by atoms with Crippen LogP contribution in [0.4, 0.5) is 10.1 Å². The zero-order chi connectivity index (χ0) is 26.8. The van der Waals surface area contributed by atoms with E-state index in [0.29, 0.717) is 25.8 Å². The van der Waals surface area contributed by atoms with E-state index in [0.717, 1.165) is 11.0 Å². The van der Waals surface area contributed by atoms with Crippen molar-refractivity contribution in [2.75, 3.05) is 11.9 Å². The van der Waals surface area contributed by atoms with E-state index in [1.807, 2.05) is 0 Å². The van der Waals surface area contributed by atoms with Gasteiger partial charge in [0.05, 0.1) is 6.61 Å². The van der Waals surface area contributed by atoms with Gasteiger partial charge in [0.1, 0.15) is 17.9 Å². The molecule has 0 saturated heterocycles. The lowest BCUT2D eigenvalue weighted by Gasteiger charge is -2.24. The molecule has 1 heterocycles. The standard InChI is InChI=1S/C25H33FN4O6/c1-15(2)23(29-20(32)7-5-4-6-12-30-21(33)10-11-22(30)34)25(36)27-16(3)24(35)28-18-9-8-17(14-31)19(26)13-18/h8-11,13,15-16,23,31H,4-7,12,14H2,1-3H3,(H,27,36)(H,28,35)(H,29,32)/t16-,23-/m0/s1. The summed E-state index contributed by atoms with van der Waals surface area (Å²) in [5.41, 5.74) is 0.276. The van der Waals surface area contributed by atoms with Crippen molar-refractivity contribution >= 4 is 35.2 Å². The van der Waals surface area contributed by atoms with Crippen LogP contribution in [0.5, 0.6) is 0 Å². The molecule has 5 amide bonds. The van der Waals surface area contributed by atoms with Gasteiger partial charge >= 0.3 is 0 Å². The fourth-order valence-electron chi connectivity index (χ4n) is 3.54. The highest BCUT2D eigenvalue weighted by molar-refractivity contribution is 6.12. The van der Waals surface area contributed by atoms with Gasteiger partial charge in [0, 0.05) is 36.4 Å². The molecule has 0 aliphatic carbocycles. The number of hydrogen-bond acceptors (Lipinski definition) is 6. The third-order valence-corrected chi connectivity index (χ3v) is 5.69. The molecule has 1 aromatic rings. The largest absolute Gasteiger partial charge is 0.392 e. The number of unbranched alkanes of at least 4 members (excludes halogenated alkanes) is 2. The number of anilines is 1. The Bertz CT molecular complexity index is 1010. The zero-order valence-corrected chi connectivity index (χ0v) is 20.7. The molecule has 0 fully saturated rings. The minimum absolute atomic E-state index is 0.0963. The molecule has 1 aliphatic heterocycles. The molecule has 0 aromatic heterocycles. The number of imide groups is 1. The summed E-state index contributed by atoms with van der Waals surface area (Å²) in [6.45, 7) is 4.82. The summed E-state index contributed by atoms with van der Waals surface area (Å²) in [5, 5.41) is 16.8. The third kappa shape index (κ3) is 8.26. The summed E-state index contributed by atoms with van der Waals surface area (Å²) in [5.74, 6) is -3.00. The van der Waals surface area contributed by atoms with Crippen LogP contribution < -0.4 is 16.0 Å². The number of nitrogens with one attached hydrogen (secondary N) is 3. The summed E-state index contributed by atoms with van der Waals surface area (Å²) < 4.78 is 13.8. The number of carbonyl (C=O) groups excluding carboxylic acids is 5. The number of aliphatic hydroxyl groups excluding tert-OH is 1. The second kappa shape index (κ2) is 13.5. The van der Waals surface area contributed by atoms with Crippen molar-refractivity contribution in [1.82, 2.24) is 15.5 Å². The Kier molecular flexibility index (Phi) is 10.7. The Balaban J connectivity index is 1.78. The van der Waals surface area contributed by atoms with Gasteiger partial charge in [-0.25, -0.2) is 4.39 Å². The van der Waals surface area contributed by atoms with E-state index in [2.05, 4.69) is 16.0 Å². The van der Waals surface area contributed by atoms with Crippen LogP contribution in [0.3, 0.4) is 0 Å². The van der Waals surface area contributed by atoms with Gasteiger partial charge in [0.15, 0.2) is 0 Å². The number of halogens is 1. The minimum atomic E-state index is -0.957. The first-order valence-corrected chi connectivity index (χ1v) is 11.9. The van der Waals surface area contributed by atoms with Crippen LogP contribution in [-0.2, 0) is 30.6 Å². The molecule has 2 rings (SSSR count). The SMILES string of the molecule is CC(C)[C@H](NC(=O)CCCCCN1C(=O)C=CC1=O)C(=O)N[C@@H](C)C(=O)Nc1ccc(CO)c(F)c1. The van der Waals surface area contributed by atoms with Crippen molar-refractivity contribution in [2.24, 2.45) is 5.92 Å². The highest BCUT2D eigenvalue weighted by Gasteiger charge is 2.27. The van der Waals surface area contributed by atoms with Gasteiger partial charge in [-0.1, -0.05) is 26.3 Å². The Labute approximate surface area is 209 Å². The van der Waals surface area contributed by atoms with Gasteiger partial charge in [-0.15, -0.1) is 0 Å². The average molecular weight is 505 g/mol. The molecule has 36 heavy (non-hydrogen) atoms. The smallest absolute Gasteiger partial charge is 0.253 e. The van der Waals surface area contributed by atoms with Gasteiger partial charge < -0.3 is 21.1 Å². The van der Waals surface area contributed by atoms with Gasteiger partial charge in [0.2, 0.25) is 17.7 Å². The van der Waals surface area contributed by atoms with E-state index in [-0.39, 0.29) is 41.3 Å². The van der Waals surface area contributed by atoms with Crippen molar-refractivity contribution in [2.45, 2.75) is 65.1 Å². The third-order valence-electron chi connectivity index (χ3n) is 5.69. The number of carbonyl (C=O) groups is 5. The van der Waals surface area contributed by atoms with Crippen LogP contribution >= 0.6 is 0 Å². The summed E-state index contributed by atoms with van der Waals surface area (Å²) in [4.78, 5) is 61.7. The summed E-state index contributed by atoms with van der Waals surface area (Å²) in [6, 6.07) is 2.05. The van der Waals surface area contributed by atoms with Crippen molar-refractivity contribution in [3.63, 3.8) is 0 Å². The Hall–Kier alpha value is -3.60. The predicted molar refractivity (Wildman–Crippen MR) is 130 cm³/mol. The number of rotatable bonds is 13. The van der Waals surface area contributed by atoms with Crippen LogP contribution in [-0.4, -0.2) is 58.2 Å². The van der Waals surface area contributed by atoms with Crippen molar-refractivity contribution in [3.8, 4) is 0 Å².